The van der Waals surface area contributed by atoms with Gasteiger partial charge < -0.3 is 16.4 Å². The number of aryl methyl sites for hydroxylation is 2. The van der Waals surface area contributed by atoms with Crippen LogP contribution in [0.1, 0.15) is 16.7 Å². The van der Waals surface area contributed by atoms with E-state index >= 15 is 0 Å². The number of nitrogens with one attached hydrogen (secondary N) is 2. The van der Waals surface area contributed by atoms with E-state index in [4.69, 9.17) is 17.3 Å². The van der Waals surface area contributed by atoms with Crippen LogP contribution in [0.3, 0.4) is 0 Å². The van der Waals surface area contributed by atoms with Crippen molar-refractivity contribution in [2.75, 3.05) is 16.4 Å². The highest BCUT2D eigenvalue weighted by Gasteiger charge is 2.11. The number of hydrogen-bond donors (Lipinski definition) is 3. The van der Waals surface area contributed by atoms with Gasteiger partial charge in [0.25, 0.3) is 0 Å². The highest BCUT2D eigenvalue weighted by atomic mass is 35.5. The molecule has 0 fully saturated rings. The van der Waals surface area contributed by atoms with Gasteiger partial charge in [0.1, 0.15) is 12.0 Å². The predicted octanol–water partition coefficient (Wildman–Crippen LogP) is 5.12. The molecule has 0 amide bonds. The zero-order valence-corrected chi connectivity index (χ0v) is 15.1. The van der Waals surface area contributed by atoms with Crippen LogP contribution in [0.15, 0.2) is 42.7 Å². The van der Waals surface area contributed by atoms with Gasteiger partial charge in [-0.1, -0.05) is 29.8 Å². The summed E-state index contributed by atoms with van der Waals surface area (Å²) in [4.78, 5) is 8.53. The Hall–Kier alpha value is -2.79. The van der Waals surface area contributed by atoms with Gasteiger partial charge in [0.2, 0.25) is 0 Å². The molecular formula is C19H20ClN5. The molecular weight excluding hydrogens is 334 g/mol. The maximum atomic E-state index is 6.27. The molecule has 0 spiro atoms. The van der Waals surface area contributed by atoms with Gasteiger partial charge in [-0.3, -0.25) is 0 Å². The Morgan fingerprint density at radius 3 is 2.32 bits per heavy atom. The molecule has 0 unspecified atom stereocenters. The zero-order valence-electron chi connectivity index (χ0n) is 14.4. The molecule has 3 aromatic rings. The molecule has 0 bridgehead atoms. The van der Waals surface area contributed by atoms with Crippen molar-refractivity contribution in [2.24, 2.45) is 0 Å². The van der Waals surface area contributed by atoms with E-state index in [9.17, 15) is 0 Å². The average molecular weight is 354 g/mol. The molecule has 5 nitrogen and oxygen atoms in total. The van der Waals surface area contributed by atoms with Crippen LogP contribution in [0.4, 0.5) is 28.7 Å². The average Bonchev–Trinajstić information content (AvgIpc) is 2.58. The van der Waals surface area contributed by atoms with Gasteiger partial charge in [0.05, 0.1) is 0 Å². The molecule has 128 valence electrons. The molecule has 25 heavy (non-hydrogen) atoms. The van der Waals surface area contributed by atoms with Crippen LogP contribution in [0, 0.1) is 20.8 Å². The van der Waals surface area contributed by atoms with E-state index in [2.05, 4.69) is 38.8 Å². The number of rotatable bonds is 4. The topological polar surface area (TPSA) is 75.9 Å². The van der Waals surface area contributed by atoms with E-state index in [1.807, 2.05) is 39.0 Å². The molecule has 1 heterocycles. The van der Waals surface area contributed by atoms with Crippen molar-refractivity contribution in [1.82, 2.24) is 9.97 Å². The number of nitrogens with zero attached hydrogens (tertiary/aromatic N) is 2. The van der Waals surface area contributed by atoms with E-state index in [-0.39, 0.29) is 0 Å². The number of hydrogen-bond acceptors (Lipinski definition) is 5. The normalized spacial score (nSPS) is 10.6. The van der Waals surface area contributed by atoms with Crippen molar-refractivity contribution < 1.29 is 0 Å². The minimum Gasteiger partial charge on any atom is -0.393 e. The van der Waals surface area contributed by atoms with Crippen LogP contribution in [-0.2, 0) is 0 Å². The highest BCUT2D eigenvalue weighted by Crippen LogP contribution is 2.31. The SMILES string of the molecule is Cc1ccc(C)c(Nc2ncnc(Nc3cccc(Cl)c3C)c2N)c1. The molecule has 1 aromatic heterocycles. The zero-order chi connectivity index (χ0) is 18.0. The van der Waals surface area contributed by atoms with Crippen LogP contribution in [0.25, 0.3) is 0 Å². The van der Waals surface area contributed by atoms with E-state index in [0.717, 1.165) is 28.1 Å². The van der Waals surface area contributed by atoms with Crippen molar-refractivity contribution in [3.63, 3.8) is 0 Å². The summed E-state index contributed by atoms with van der Waals surface area (Å²) < 4.78 is 0. The minimum atomic E-state index is 0.447. The molecule has 0 aliphatic rings. The lowest BCUT2D eigenvalue weighted by molar-refractivity contribution is 1.17. The Morgan fingerprint density at radius 1 is 0.920 bits per heavy atom. The van der Waals surface area contributed by atoms with Crippen molar-refractivity contribution in [2.45, 2.75) is 20.8 Å². The maximum Gasteiger partial charge on any atom is 0.159 e. The Balaban J connectivity index is 1.92. The summed E-state index contributed by atoms with van der Waals surface area (Å²) in [5.74, 6) is 1.10. The molecule has 0 atom stereocenters. The van der Waals surface area contributed by atoms with Crippen molar-refractivity contribution in [1.29, 1.82) is 0 Å². The minimum absolute atomic E-state index is 0.447. The summed E-state index contributed by atoms with van der Waals surface area (Å²) in [5, 5.41) is 7.21. The second-order valence-corrected chi connectivity index (χ2v) is 6.37. The van der Waals surface area contributed by atoms with Crippen molar-refractivity contribution in [3.8, 4) is 0 Å². The number of nitrogens with two attached hydrogens (primary N) is 1. The standard InChI is InChI=1S/C19H20ClN5/c1-11-7-8-12(2)16(9-11)25-19-17(21)18(22-10-23-19)24-15-6-4-5-14(20)13(15)3/h4-10H,21H2,1-3H3,(H2,22,23,24,25). The Bertz CT molecular complexity index is 901. The Labute approximate surface area is 152 Å². The number of aromatic nitrogens is 2. The fourth-order valence-corrected chi connectivity index (χ4v) is 2.64. The fourth-order valence-electron chi connectivity index (χ4n) is 2.46. The largest absolute Gasteiger partial charge is 0.393 e. The lowest BCUT2D eigenvalue weighted by atomic mass is 10.1. The van der Waals surface area contributed by atoms with E-state index in [1.54, 1.807) is 0 Å². The highest BCUT2D eigenvalue weighted by molar-refractivity contribution is 6.31. The molecule has 3 rings (SSSR count). The second-order valence-electron chi connectivity index (χ2n) is 5.97. The molecule has 0 aliphatic carbocycles. The smallest absolute Gasteiger partial charge is 0.159 e. The second kappa shape index (κ2) is 6.99. The summed E-state index contributed by atoms with van der Waals surface area (Å²) in [7, 11) is 0. The third-order valence-electron chi connectivity index (χ3n) is 4.05. The molecule has 0 aliphatic heterocycles. The molecule has 2 aromatic carbocycles. The lowest BCUT2D eigenvalue weighted by Crippen LogP contribution is -2.06. The molecule has 0 saturated carbocycles. The first-order valence-corrected chi connectivity index (χ1v) is 8.30. The third kappa shape index (κ3) is 3.67. The summed E-state index contributed by atoms with van der Waals surface area (Å²) in [5.41, 5.74) is 11.8. The monoisotopic (exact) mass is 353 g/mol. The number of anilines is 5. The quantitative estimate of drug-likeness (QED) is 0.606. The van der Waals surface area contributed by atoms with Gasteiger partial charge in [-0.25, -0.2) is 9.97 Å². The van der Waals surface area contributed by atoms with Crippen LogP contribution in [-0.4, -0.2) is 9.97 Å². The molecule has 6 heteroatoms. The van der Waals surface area contributed by atoms with Crippen LogP contribution in [0.5, 0.6) is 0 Å². The maximum absolute atomic E-state index is 6.27. The van der Waals surface area contributed by atoms with Crippen molar-refractivity contribution >= 4 is 40.3 Å². The van der Waals surface area contributed by atoms with E-state index < -0.39 is 0 Å². The Kier molecular flexibility index (Phi) is 4.76. The molecule has 0 radical (unpaired) electrons. The number of halogens is 1. The van der Waals surface area contributed by atoms with Gasteiger partial charge in [-0.2, -0.15) is 0 Å². The third-order valence-corrected chi connectivity index (χ3v) is 4.46. The summed E-state index contributed by atoms with van der Waals surface area (Å²) in [6.45, 7) is 6.02. The first-order valence-electron chi connectivity index (χ1n) is 7.92. The first kappa shape index (κ1) is 17.0. The lowest BCUT2D eigenvalue weighted by Gasteiger charge is -2.15. The molecule has 0 saturated heterocycles. The van der Waals surface area contributed by atoms with E-state index in [0.29, 0.717) is 22.3 Å². The first-order chi connectivity index (χ1) is 12.0. The Morgan fingerprint density at radius 2 is 1.60 bits per heavy atom. The van der Waals surface area contributed by atoms with Gasteiger partial charge >= 0.3 is 0 Å². The van der Waals surface area contributed by atoms with Crippen LogP contribution < -0.4 is 16.4 Å². The van der Waals surface area contributed by atoms with Gasteiger partial charge in [-0.15, -0.1) is 0 Å². The summed E-state index contributed by atoms with van der Waals surface area (Å²) in [6.07, 6.45) is 1.48. The van der Waals surface area contributed by atoms with Gasteiger partial charge in [0, 0.05) is 16.4 Å². The van der Waals surface area contributed by atoms with Crippen LogP contribution >= 0.6 is 11.6 Å². The fraction of sp³-hybridized carbons (Fsp3) is 0.158. The van der Waals surface area contributed by atoms with Crippen molar-refractivity contribution in [3.05, 3.63) is 64.4 Å². The number of benzene rings is 2. The summed E-state index contributed by atoms with van der Waals surface area (Å²) >= 11 is 6.17. The van der Waals surface area contributed by atoms with Gasteiger partial charge in [-0.05, 0) is 55.7 Å². The molecule has 4 N–H and O–H groups in total. The number of nitrogen functional groups attached to an aromatic ring is 1. The predicted molar refractivity (Wildman–Crippen MR) is 105 cm³/mol. The van der Waals surface area contributed by atoms with Crippen LogP contribution in [0.2, 0.25) is 5.02 Å². The van der Waals surface area contributed by atoms with Gasteiger partial charge in [0.15, 0.2) is 11.6 Å². The van der Waals surface area contributed by atoms with E-state index in [1.165, 1.54) is 6.33 Å². The summed E-state index contributed by atoms with van der Waals surface area (Å²) in [6, 6.07) is 11.8.